The van der Waals surface area contributed by atoms with E-state index in [1.807, 2.05) is 26.0 Å². The van der Waals surface area contributed by atoms with Crippen molar-refractivity contribution in [2.24, 2.45) is 0 Å². The Morgan fingerprint density at radius 1 is 1.12 bits per heavy atom. The van der Waals surface area contributed by atoms with Crippen LogP contribution in [0.25, 0.3) is 0 Å². The molecule has 1 heterocycles. The summed E-state index contributed by atoms with van der Waals surface area (Å²) in [5.74, 6) is -0.373. The van der Waals surface area contributed by atoms with E-state index in [0.29, 0.717) is 18.0 Å². The van der Waals surface area contributed by atoms with Crippen molar-refractivity contribution < 1.29 is 19.2 Å². The highest BCUT2D eigenvalue weighted by Gasteiger charge is 2.20. The number of pyridine rings is 1. The number of nitrogens with one attached hydrogen (secondary N) is 3. The van der Waals surface area contributed by atoms with Crippen LogP contribution in [0.4, 0.5) is 17.1 Å². The van der Waals surface area contributed by atoms with Gasteiger partial charge in [0, 0.05) is 36.1 Å². The maximum absolute atomic E-state index is 12.7. The van der Waals surface area contributed by atoms with Crippen LogP contribution in [0.5, 0.6) is 5.75 Å². The third kappa shape index (κ3) is 6.52. The molecule has 0 aliphatic carbocycles. The molecule has 0 saturated carbocycles. The van der Waals surface area contributed by atoms with Gasteiger partial charge in [-0.3, -0.25) is 24.7 Å². The molecule has 3 rings (SSSR count). The number of likely N-dealkylation sites (N-methyl/N-ethyl adjacent to an activating group) is 1. The van der Waals surface area contributed by atoms with Crippen LogP contribution in [0.15, 0.2) is 66.9 Å². The second-order valence-electron chi connectivity index (χ2n) is 7.33. The topological polar surface area (TPSA) is 135 Å². The van der Waals surface area contributed by atoms with Crippen molar-refractivity contribution in [3.05, 3.63) is 88.2 Å². The minimum atomic E-state index is -0.542. The van der Waals surface area contributed by atoms with Gasteiger partial charge in [-0.1, -0.05) is 12.1 Å². The number of nitro benzene ring substituents is 1. The van der Waals surface area contributed by atoms with E-state index in [4.69, 9.17) is 4.74 Å². The standard InChI is InChI=1S/C24H25N5O5/c1-3-25-23(30)15-34-19-8-6-7-18(14-19)28-24(31)17-10-11-21(22(13-17)29(32)33)27-16(2)20-9-4-5-12-26-20/h4-14,16,27H,3,15H2,1-2H3,(H,25,30)(H,28,31). The van der Waals surface area contributed by atoms with Crippen molar-refractivity contribution in [2.45, 2.75) is 19.9 Å². The molecule has 0 bridgehead atoms. The van der Waals surface area contributed by atoms with Crippen LogP contribution in [0.2, 0.25) is 0 Å². The van der Waals surface area contributed by atoms with E-state index in [2.05, 4.69) is 20.9 Å². The summed E-state index contributed by atoms with van der Waals surface area (Å²) in [5.41, 5.74) is 1.33. The summed E-state index contributed by atoms with van der Waals surface area (Å²) in [6, 6.07) is 15.9. The number of nitrogens with zero attached hydrogens (tertiary/aromatic N) is 2. The molecule has 2 amide bonds. The van der Waals surface area contributed by atoms with Gasteiger partial charge >= 0.3 is 0 Å². The van der Waals surface area contributed by atoms with Gasteiger partial charge in [-0.05, 0) is 50.2 Å². The number of benzene rings is 2. The summed E-state index contributed by atoms with van der Waals surface area (Å²) in [6.45, 7) is 4.00. The minimum Gasteiger partial charge on any atom is -0.484 e. The highest BCUT2D eigenvalue weighted by atomic mass is 16.6. The Morgan fingerprint density at radius 2 is 1.94 bits per heavy atom. The van der Waals surface area contributed by atoms with Crippen LogP contribution < -0.4 is 20.7 Å². The van der Waals surface area contributed by atoms with Crippen LogP contribution in [0.1, 0.15) is 35.9 Å². The molecule has 0 radical (unpaired) electrons. The summed E-state index contributed by atoms with van der Waals surface area (Å²) in [4.78, 5) is 39.7. The van der Waals surface area contributed by atoms with Crippen LogP contribution in [-0.2, 0) is 4.79 Å². The molecule has 1 unspecified atom stereocenters. The van der Waals surface area contributed by atoms with Gasteiger partial charge in [-0.15, -0.1) is 0 Å². The van der Waals surface area contributed by atoms with Crippen molar-refractivity contribution in [1.29, 1.82) is 0 Å². The Hall–Kier alpha value is -4.47. The van der Waals surface area contributed by atoms with Crippen LogP contribution in [0.3, 0.4) is 0 Å². The summed E-state index contributed by atoms with van der Waals surface area (Å²) in [7, 11) is 0. The van der Waals surface area contributed by atoms with Crippen LogP contribution in [-0.4, -0.2) is 34.9 Å². The molecule has 176 valence electrons. The Kier molecular flexibility index (Phi) is 8.11. The van der Waals surface area contributed by atoms with Gasteiger partial charge in [-0.25, -0.2) is 0 Å². The molecular weight excluding hydrogens is 438 g/mol. The molecule has 3 N–H and O–H groups in total. The van der Waals surface area contributed by atoms with Crippen molar-refractivity contribution in [2.75, 3.05) is 23.8 Å². The van der Waals surface area contributed by atoms with Gasteiger partial charge in [0.05, 0.1) is 16.7 Å². The zero-order valence-corrected chi connectivity index (χ0v) is 18.8. The van der Waals surface area contributed by atoms with Gasteiger partial charge in [0.1, 0.15) is 11.4 Å². The molecular formula is C24H25N5O5. The molecule has 1 aromatic heterocycles. The lowest BCUT2D eigenvalue weighted by Gasteiger charge is -2.15. The van der Waals surface area contributed by atoms with Gasteiger partial charge in [0.25, 0.3) is 17.5 Å². The summed E-state index contributed by atoms with van der Waals surface area (Å²) < 4.78 is 5.42. The van der Waals surface area contributed by atoms with Gasteiger partial charge in [-0.2, -0.15) is 0 Å². The average molecular weight is 463 g/mol. The zero-order chi connectivity index (χ0) is 24.5. The number of aromatic nitrogens is 1. The van der Waals surface area contributed by atoms with E-state index in [1.165, 1.54) is 18.2 Å². The Bertz CT molecular complexity index is 1170. The number of anilines is 2. The Balaban J connectivity index is 1.71. The Morgan fingerprint density at radius 3 is 2.65 bits per heavy atom. The molecule has 0 spiro atoms. The van der Waals surface area contributed by atoms with Gasteiger partial charge < -0.3 is 20.7 Å². The molecule has 34 heavy (non-hydrogen) atoms. The molecule has 0 saturated heterocycles. The lowest BCUT2D eigenvalue weighted by atomic mass is 10.1. The fraction of sp³-hybridized carbons (Fsp3) is 0.208. The lowest BCUT2D eigenvalue weighted by Crippen LogP contribution is -2.28. The fourth-order valence-corrected chi connectivity index (χ4v) is 3.15. The summed E-state index contributed by atoms with van der Waals surface area (Å²) >= 11 is 0. The monoisotopic (exact) mass is 463 g/mol. The number of hydrogen-bond donors (Lipinski definition) is 3. The molecule has 2 aromatic carbocycles. The first-order chi connectivity index (χ1) is 16.4. The predicted molar refractivity (Wildman–Crippen MR) is 128 cm³/mol. The second kappa shape index (κ2) is 11.4. The maximum atomic E-state index is 12.7. The van der Waals surface area contributed by atoms with Crippen molar-refractivity contribution in [3.63, 3.8) is 0 Å². The van der Waals surface area contributed by atoms with E-state index >= 15 is 0 Å². The number of carbonyl (C=O) groups excluding carboxylic acids is 2. The lowest BCUT2D eigenvalue weighted by molar-refractivity contribution is -0.384. The first kappa shape index (κ1) is 24.2. The van der Waals surface area contributed by atoms with E-state index in [0.717, 1.165) is 5.69 Å². The number of amides is 2. The van der Waals surface area contributed by atoms with Gasteiger partial charge in [0.15, 0.2) is 6.61 Å². The van der Waals surface area contributed by atoms with E-state index in [-0.39, 0.29) is 35.5 Å². The average Bonchev–Trinajstić information content (AvgIpc) is 2.83. The third-order valence-electron chi connectivity index (χ3n) is 4.80. The smallest absolute Gasteiger partial charge is 0.293 e. The summed E-state index contributed by atoms with van der Waals surface area (Å²) in [5, 5.41) is 20.1. The van der Waals surface area contributed by atoms with E-state index in [1.54, 1.807) is 36.5 Å². The molecule has 0 fully saturated rings. The van der Waals surface area contributed by atoms with E-state index < -0.39 is 10.8 Å². The SMILES string of the molecule is CCNC(=O)COc1cccc(NC(=O)c2ccc(NC(C)c3ccccn3)c([N+](=O)[O-])c2)c1. The van der Waals surface area contributed by atoms with Crippen LogP contribution >= 0.6 is 0 Å². The Labute approximate surface area is 196 Å². The zero-order valence-electron chi connectivity index (χ0n) is 18.8. The van der Waals surface area contributed by atoms with Crippen LogP contribution in [0, 0.1) is 10.1 Å². The number of rotatable bonds is 10. The molecule has 0 aliphatic rings. The van der Waals surface area contributed by atoms with Crippen molar-refractivity contribution >= 4 is 28.9 Å². The quantitative estimate of drug-likeness (QED) is 0.306. The highest BCUT2D eigenvalue weighted by molar-refractivity contribution is 6.05. The number of nitro groups is 1. The number of hydrogen-bond acceptors (Lipinski definition) is 7. The predicted octanol–water partition coefficient (Wildman–Crippen LogP) is 3.93. The maximum Gasteiger partial charge on any atom is 0.293 e. The molecule has 10 nitrogen and oxygen atoms in total. The molecule has 10 heteroatoms. The van der Waals surface area contributed by atoms with Crippen molar-refractivity contribution in [3.8, 4) is 5.75 Å². The third-order valence-corrected chi connectivity index (χ3v) is 4.80. The minimum absolute atomic E-state index is 0.122. The number of ether oxygens (including phenoxy) is 1. The fourth-order valence-electron chi connectivity index (χ4n) is 3.15. The van der Waals surface area contributed by atoms with E-state index in [9.17, 15) is 19.7 Å². The summed E-state index contributed by atoms with van der Waals surface area (Å²) in [6.07, 6.45) is 1.65. The molecule has 0 aliphatic heterocycles. The second-order valence-corrected chi connectivity index (χ2v) is 7.33. The normalized spacial score (nSPS) is 11.2. The molecule has 1 atom stereocenters. The van der Waals surface area contributed by atoms with Gasteiger partial charge in [0.2, 0.25) is 0 Å². The largest absolute Gasteiger partial charge is 0.484 e. The highest BCUT2D eigenvalue weighted by Crippen LogP contribution is 2.29. The van der Waals surface area contributed by atoms with Crippen molar-refractivity contribution in [1.82, 2.24) is 10.3 Å². The first-order valence-corrected chi connectivity index (χ1v) is 10.6. The number of carbonyl (C=O) groups is 2. The molecule has 3 aromatic rings. The first-order valence-electron chi connectivity index (χ1n) is 10.6.